The van der Waals surface area contributed by atoms with E-state index in [0.29, 0.717) is 18.9 Å². The zero-order valence-electron chi connectivity index (χ0n) is 15.3. The highest BCUT2D eigenvalue weighted by molar-refractivity contribution is 6.05. The normalized spacial score (nSPS) is 14.2. The summed E-state index contributed by atoms with van der Waals surface area (Å²) in [6.45, 7) is 8.79. The fourth-order valence-electron chi connectivity index (χ4n) is 3.04. The van der Waals surface area contributed by atoms with Crippen LogP contribution in [-0.2, 0) is 4.74 Å². The van der Waals surface area contributed by atoms with E-state index in [1.165, 1.54) is 6.33 Å². The number of para-hydroxylation sites is 2. The summed E-state index contributed by atoms with van der Waals surface area (Å²) in [7, 11) is 0. The lowest BCUT2D eigenvalue weighted by Gasteiger charge is -2.30. The van der Waals surface area contributed by atoms with E-state index in [-0.39, 0.29) is 5.91 Å². The van der Waals surface area contributed by atoms with E-state index >= 15 is 0 Å². The van der Waals surface area contributed by atoms with Crippen LogP contribution < -0.4 is 15.1 Å². The van der Waals surface area contributed by atoms with E-state index in [9.17, 15) is 4.79 Å². The minimum atomic E-state index is -0.235. The lowest BCUT2D eigenvalue weighted by atomic mass is 10.2. The Kier molecular flexibility index (Phi) is 6.01. The van der Waals surface area contributed by atoms with Crippen LogP contribution in [0.5, 0.6) is 0 Å². The molecule has 3 rings (SSSR count). The first-order valence-electron chi connectivity index (χ1n) is 9.03. The molecule has 7 nitrogen and oxygen atoms in total. The fraction of sp³-hybridized carbons (Fsp3) is 0.421. The van der Waals surface area contributed by atoms with Crippen molar-refractivity contribution in [3.8, 4) is 0 Å². The van der Waals surface area contributed by atoms with Crippen LogP contribution >= 0.6 is 0 Å². The van der Waals surface area contributed by atoms with Crippen LogP contribution in [0.3, 0.4) is 0 Å². The number of hydrogen-bond donors (Lipinski definition) is 1. The molecule has 1 saturated heterocycles. The number of ether oxygens (including phenoxy) is 1. The lowest BCUT2D eigenvalue weighted by Crippen LogP contribution is -2.36. The molecule has 0 radical (unpaired) electrons. The topological polar surface area (TPSA) is 70.6 Å². The molecule has 1 aromatic carbocycles. The molecule has 0 bridgehead atoms. The maximum absolute atomic E-state index is 12.7. The third-order valence-corrected chi connectivity index (χ3v) is 4.48. The van der Waals surface area contributed by atoms with Crippen molar-refractivity contribution in [2.24, 2.45) is 0 Å². The number of nitrogens with one attached hydrogen (secondary N) is 1. The van der Waals surface area contributed by atoms with Crippen LogP contribution in [0, 0.1) is 0 Å². The van der Waals surface area contributed by atoms with Gasteiger partial charge in [-0.25, -0.2) is 9.97 Å². The average Bonchev–Trinajstić information content (AvgIpc) is 2.70. The van der Waals surface area contributed by atoms with E-state index in [1.54, 1.807) is 6.07 Å². The lowest BCUT2D eigenvalue weighted by molar-refractivity contribution is 0.102. The number of carbonyl (C=O) groups excluding carboxylic acids is 1. The predicted octanol–water partition coefficient (Wildman–Crippen LogP) is 2.41. The first-order chi connectivity index (χ1) is 12.7. The summed E-state index contributed by atoms with van der Waals surface area (Å²) < 4.78 is 5.42. The fourth-order valence-corrected chi connectivity index (χ4v) is 3.04. The molecule has 7 heteroatoms. The van der Waals surface area contributed by atoms with Gasteiger partial charge in [-0.2, -0.15) is 0 Å². The van der Waals surface area contributed by atoms with Gasteiger partial charge in [-0.05, 0) is 26.0 Å². The van der Waals surface area contributed by atoms with Crippen molar-refractivity contribution in [1.82, 2.24) is 9.97 Å². The van der Waals surface area contributed by atoms with E-state index in [1.807, 2.05) is 24.3 Å². The van der Waals surface area contributed by atoms with Crippen molar-refractivity contribution >= 4 is 23.1 Å². The highest BCUT2D eigenvalue weighted by Crippen LogP contribution is 2.26. The molecular formula is C19H25N5O2. The van der Waals surface area contributed by atoms with Crippen molar-refractivity contribution in [3.05, 3.63) is 42.4 Å². The molecule has 0 unspecified atom stereocenters. The van der Waals surface area contributed by atoms with Gasteiger partial charge in [0.2, 0.25) is 0 Å². The Morgan fingerprint density at radius 3 is 2.65 bits per heavy atom. The third kappa shape index (κ3) is 4.11. The second-order valence-corrected chi connectivity index (χ2v) is 6.00. The first kappa shape index (κ1) is 18.1. The molecule has 1 aliphatic heterocycles. The molecule has 1 aliphatic rings. The van der Waals surface area contributed by atoms with Crippen LogP contribution in [0.2, 0.25) is 0 Å². The maximum atomic E-state index is 12.7. The van der Waals surface area contributed by atoms with Crippen molar-refractivity contribution in [3.63, 3.8) is 0 Å². The number of nitrogens with zero attached hydrogens (tertiary/aromatic N) is 4. The van der Waals surface area contributed by atoms with Crippen LogP contribution in [0.15, 0.2) is 36.7 Å². The molecule has 0 atom stereocenters. The number of amides is 1. The minimum absolute atomic E-state index is 0.235. The maximum Gasteiger partial charge on any atom is 0.274 e. The van der Waals surface area contributed by atoms with Crippen molar-refractivity contribution in [2.45, 2.75) is 13.8 Å². The molecular weight excluding hydrogens is 330 g/mol. The highest BCUT2D eigenvalue weighted by atomic mass is 16.5. The van der Waals surface area contributed by atoms with Crippen LogP contribution in [0.1, 0.15) is 24.3 Å². The summed E-state index contributed by atoms with van der Waals surface area (Å²) in [6.07, 6.45) is 1.44. The summed E-state index contributed by atoms with van der Waals surface area (Å²) in [5.41, 5.74) is 2.14. The van der Waals surface area contributed by atoms with E-state index in [0.717, 1.165) is 43.4 Å². The molecule has 26 heavy (non-hydrogen) atoms. The van der Waals surface area contributed by atoms with Gasteiger partial charge in [-0.15, -0.1) is 0 Å². The molecule has 1 amide bonds. The molecule has 0 saturated carbocycles. The monoisotopic (exact) mass is 355 g/mol. The standard InChI is InChI=1S/C19H25N5O2/c1-3-23(4-2)18-13-16(20-14-21-18)19(25)22-15-7-5-6-8-17(15)24-9-11-26-12-10-24/h5-8,13-14H,3-4,9-12H2,1-2H3,(H,22,25). The number of anilines is 3. The Morgan fingerprint density at radius 1 is 1.19 bits per heavy atom. The second kappa shape index (κ2) is 8.62. The summed E-state index contributed by atoms with van der Waals surface area (Å²) >= 11 is 0. The SMILES string of the molecule is CCN(CC)c1cc(C(=O)Nc2ccccc2N2CCOCC2)ncn1. The smallest absolute Gasteiger partial charge is 0.274 e. The number of benzene rings is 1. The quantitative estimate of drug-likeness (QED) is 0.858. The van der Waals surface area contributed by atoms with Gasteiger partial charge in [-0.3, -0.25) is 4.79 Å². The molecule has 138 valence electrons. The van der Waals surface area contributed by atoms with Gasteiger partial charge < -0.3 is 19.9 Å². The Morgan fingerprint density at radius 2 is 1.92 bits per heavy atom. The second-order valence-electron chi connectivity index (χ2n) is 6.00. The van der Waals surface area contributed by atoms with Crippen LogP contribution in [0.4, 0.5) is 17.2 Å². The Labute approximate surface area is 154 Å². The van der Waals surface area contributed by atoms with Gasteiger partial charge in [0.1, 0.15) is 17.8 Å². The Balaban J connectivity index is 1.79. The summed E-state index contributed by atoms with van der Waals surface area (Å²) in [5.74, 6) is 0.526. The van der Waals surface area contributed by atoms with E-state index in [2.05, 4.69) is 38.9 Å². The number of rotatable bonds is 6. The Bertz CT molecular complexity index is 742. The summed E-state index contributed by atoms with van der Waals surface area (Å²) in [6, 6.07) is 9.56. The molecule has 1 fully saturated rings. The Hall–Kier alpha value is -2.67. The highest BCUT2D eigenvalue weighted by Gasteiger charge is 2.17. The van der Waals surface area contributed by atoms with E-state index < -0.39 is 0 Å². The average molecular weight is 355 g/mol. The van der Waals surface area contributed by atoms with Gasteiger partial charge in [0.05, 0.1) is 24.6 Å². The number of hydrogen-bond acceptors (Lipinski definition) is 6. The third-order valence-electron chi connectivity index (χ3n) is 4.48. The van der Waals surface area contributed by atoms with Gasteiger partial charge in [0, 0.05) is 32.2 Å². The van der Waals surface area contributed by atoms with Crippen molar-refractivity contribution in [1.29, 1.82) is 0 Å². The van der Waals surface area contributed by atoms with Crippen LogP contribution in [-0.4, -0.2) is 55.3 Å². The molecule has 1 N–H and O–H groups in total. The number of aromatic nitrogens is 2. The first-order valence-corrected chi connectivity index (χ1v) is 9.03. The number of morpholine rings is 1. The predicted molar refractivity (Wildman–Crippen MR) is 103 cm³/mol. The van der Waals surface area contributed by atoms with Crippen molar-refractivity contribution < 1.29 is 9.53 Å². The van der Waals surface area contributed by atoms with Gasteiger partial charge in [-0.1, -0.05) is 12.1 Å². The largest absolute Gasteiger partial charge is 0.378 e. The zero-order valence-corrected chi connectivity index (χ0v) is 15.3. The summed E-state index contributed by atoms with van der Waals surface area (Å²) in [4.78, 5) is 25.5. The number of carbonyl (C=O) groups is 1. The molecule has 2 aromatic rings. The van der Waals surface area contributed by atoms with Gasteiger partial charge in [0.15, 0.2) is 0 Å². The van der Waals surface area contributed by atoms with Gasteiger partial charge in [0.25, 0.3) is 5.91 Å². The van der Waals surface area contributed by atoms with Crippen molar-refractivity contribution in [2.75, 3.05) is 54.5 Å². The zero-order chi connectivity index (χ0) is 18.4. The summed E-state index contributed by atoms with van der Waals surface area (Å²) in [5, 5.41) is 3.00. The molecule has 0 spiro atoms. The minimum Gasteiger partial charge on any atom is -0.378 e. The molecule has 0 aliphatic carbocycles. The van der Waals surface area contributed by atoms with E-state index in [4.69, 9.17) is 4.74 Å². The molecule has 2 heterocycles. The molecule has 1 aromatic heterocycles. The van der Waals surface area contributed by atoms with Crippen LogP contribution in [0.25, 0.3) is 0 Å². The van der Waals surface area contributed by atoms with Gasteiger partial charge >= 0.3 is 0 Å².